The number of ether oxygens (including phenoxy) is 7. The first-order chi connectivity index (χ1) is 18.9. The summed E-state index contributed by atoms with van der Waals surface area (Å²) in [7, 11) is 1.90. The van der Waals surface area contributed by atoms with E-state index in [4.69, 9.17) is 33.2 Å². The maximum absolute atomic E-state index is 5.77. The number of likely N-dealkylation sites (N-methyl/N-ethyl adjacent to an activating group) is 1. The lowest BCUT2D eigenvalue weighted by Crippen LogP contribution is -2.17. The van der Waals surface area contributed by atoms with Crippen molar-refractivity contribution >= 4 is 0 Å². The molecule has 0 saturated carbocycles. The largest absolute Gasteiger partial charge is 0.491 e. The summed E-state index contributed by atoms with van der Waals surface area (Å²) >= 11 is 0. The van der Waals surface area contributed by atoms with Crippen molar-refractivity contribution in [3.63, 3.8) is 0 Å². The zero-order chi connectivity index (χ0) is 27.2. The maximum Gasteiger partial charge on any atom is 0.119 e. The van der Waals surface area contributed by atoms with Crippen molar-refractivity contribution in [1.29, 1.82) is 0 Å². The van der Waals surface area contributed by atoms with Crippen LogP contribution in [-0.4, -0.2) is 99.5 Å². The van der Waals surface area contributed by atoms with Gasteiger partial charge in [0.2, 0.25) is 0 Å². The summed E-state index contributed by atoms with van der Waals surface area (Å²) in [4.78, 5) is 0. The Morgan fingerprint density at radius 1 is 0.500 bits per heavy atom. The van der Waals surface area contributed by atoms with Gasteiger partial charge in [0.05, 0.1) is 79.3 Å². The van der Waals surface area contributed by atoms with Gasteiger partial charge in [0.25, 0.3) is 0 Å². The molecule has 1 rings (SSSR count). The van der Waals surface area contributed by atoms with Gasteiger partial charge in [-0.1, -0.05) is 57.6 Å². The second-order valence-electron chi connectivity index (χ2n) is 9.14. The molecule has 1 aromatic rings. The molecule has 0 aromatic heterocycles. The Labute approximate surface area is 232 Å². The van der Waals surface area contributed by atoms with Crippen molar-refractivity contribution in [2.75, 3.05) is 99.5 Å². The van der Waals surface area contributed by atoms with Gasteiger partial charge < -0.3 is 38.5 Å². The van der Waals surface area contributed by atoms with Gasteiger partial charge in [-0.25, -0.2) is 0 Å². The first kappa shape index (κ1) is 34.8. The van der Waals surface area contributed by atoms with Gasteiger partial charge >= 0.3 is 0 Å². The number of hydrogen-bond acceptors (Lipinski definition) is 8. The number of aryl methyl sites for hydroxylation is 1. The number of nitrogens with one attached hydrogen (secondary N) is 1. The lowest BCUT2D eigenvalue weighted by Gasteiger charge is -2.09. The van der Waals surface area contributed by atoms with Crippen LogP contribution in [0.1, 0.15) is 57.4 Å². The summed E-state index contributed by atoms with van der Waals surface area (Å²) in [5.41, 5.74) is 1.39. The summed E-state index contributed by atoms with van der Waals surface area (Å²) in [6.07, 6.45) is 10.6. The van der Waals surface area contributed by atoms with E-state index in [-0.39, 0.29) is 0 Å². The predicted molar refractivity (Wildman–Crippen MR) is 152 cm³/mol. The lowest BCUT2D eigenvalue weighted by molar-refractivity contribution is -0.0176. The molecule has 0 radical (unpaired) electrons. The minimum Gasteiger partial charge on any atom is -0.491 e. The quantitative estimate of drug-likeness (QED) is 0.141. The molecule has 0 aliphatic rings. The number of rotatable bonds is 30. The van der Waals surface area contributed by atoms with Gasteiger partial charge in [-0.3, -0.25) is 0 Å². The Kier molecular flexibility index (Phi) is 26.3. The summed E-state index contributed by atoms with van der Waals surface area (Å²) in [6.45, 7) is 10.5. The fourth-order valence-corrected chi connectivity index (χ4v) is 3.63. The van der Waals surface area contributed by atoms with E-state index >= 15 is 0 Å². The first-order valence-corrected chi connectivity index (χ1v) is 14.7. The molecule has 0 aliphatic carbocycles. The highest BCUT2D eigenvalue weighted by Gasteiger charge is 1.98. The minimum absolute atomic E-state index is 0.537. The van der Waals surface area contributed by atoms with Crippen molar-refractivity contribution in [3.8, 4) is 5.75 Å². The summed E-state index contributed by atoms with van der Waals surface area (Å²) in [5.74, 6) is 0.896. The summed E-state index contributed by atoms with van der Waals surface area (Å²) in [5, 5.41) is 3.03. The van der Waals surface area contributed by atoms with Crippen LogP contribution in [0.25, 0.3) is 0 Å². The zero-order valence-electron chi connectivity index (χ0n) is 24.2. The van der Waals surface area contributed by atoms with Crippen LogP contribution in [0.4, 0.5) is 0 Å². The highest BCUT2D eigenvalue weighted by Crippen LogP contribution is 2.15. The molecule has 222 valence electrons. The van der Waals surface area contributed by atoms with Crippen molar-refractivity contribution in [3.05, 3.63) is 29.8 Å². The maximum atomic E-state index is 5.77. The number of hydrogen-bond donors (Lipinski definition) is 1. The number of unbranched alkanes of at least 4 members (excludes halogenated alkanes) is 6. The average Bonchev–Trinajstić information content (AvgIpc) is 2.94. The van der Waals surface area contributed by atoms with E-state index in [2.05, 4.69) is 36.5 Å². The second kappa shape index (κ2) is 28.7. The monoisotopic (exact) mass is 541 g/mol. The molecule has 0 aliphatic heterocycles. The lowest BCUT2D eigenvalue weighted by atomic mass is 10.0. The first-order valence-electron chi connectivity index (χ1n) is 14.7. The van der Waals surface area contributed by atoms with Crippen LogP contribution in [0.2, 0.25) is 0 Å². The van der Waals surface area contributed by atoms with Gasteiger partial charge in [-0.2, -0.15) is 0 Å². The van der Waals surface area contributed by atoms with Crippen molar-refractivity contribution in [2.45, 2.75) is 58.3 Å². The van der Waals surface area contributed by atoms with Crippen molar-refractivity contribution in [1.82, 2.24) is 5.32 Å². The van der Waals surface area contributed by atoms with E-state index in [9.17, 15) is 0 Å². The smallest absolute Gasteiger partial charge is 0.119 e. The topological polar surface area (TPSA) is 76.6 Å². The Morgan fingerprint density at radius 2 is 0.921 bits per heavy atom. The average molecular weight is 542 g/mol. The van der Waals surface area contributed by atoms with Crippen LogP contribution in [0, 0.1) is 0 Å². The summed E-state index contributed by atoms with van der Waals surface area (Å²) in [6, 6.07) is 8.47. The molecule has 8 heteroatoms. The third-order valence-electron chi connectivity index (χ3n) is 5.85. The molecule has 38 heavy (non-hydrogen) atoms. The van der Waals surface area contributed by atoms with Crippen LogP contribution < -0.4 is 10.1 Å². The van der Waals surface area contributed by atoms with Crippen LogP contribution in [0.15, 0.2) is 24.3 Å². The molecule has 0 atom stereocenters. The number of benzene rings is 1. The third kappa shape index (κ3) is 23.8. The molecular formula is C30H55NO7. The van der Waals surface area contributed by atoms with Crippen LogP contribution in [0.3, 0.4) is 0 Å². The zero-order valence-corrected chi connectivity index (χ0v) is 24.2. The molecule has 0 bridgehead atoms. The molecule has 1 N–H and O–H groups in total. The van der Waals surface area contributed by atoms with E-state index < -0.39 is 0 Å². The van der Waals surface area contributed by atoms with E-state index in [1.165, 1.54) is 50.5 Å². The Morgan fingerprint density at radius 3 is 1.39 bits per heavy atom. The molecule has 8 nitrogen and oxygen atoms in total. The van der Waals surface area contributed by atoms with Gasteiger partial charge in [-0.05, 0) is 37.6 Å². The third-order valence-corrected chi connectivity index (χ3v) is 5.85. The molecule has 1 aromatic carbocycles. The standard InChI is InChI=1S/C30H55NO7/c1-3-4-5-6-7-8-9-10-29-11-13-30(14-12-29)38-28-27-37-26-25-36-24-23-35-22-21-34-20-19-33-18-17-32-16-15-31-2/h11-14,31H,3-10,15-28H2,1-2H3. The Balaban J connectivity index is 1.78. The molecule has 0 amide bonds. The SMILES string of the molecule is CCCCCCCCCc1ccc(OCCOCCOCCOCCOCCOCCOCCNC)cc1. The van der Waals surface area contributed by atoms with E-state index in [0.717, 1.165) is 18.7 Å². The highest BCUT2D eigenvalue weighted by molar-refractivity contribution is 5.27. The highest BCUT2D eigenvalue weighted by atomic mass is 16.6. The second-order valence-corrected chi connectivity index (χ2v) is 9.14. The molecule has 0 spiro atoms. The van der Waals surface area contributed by atoms with E-state index in [0.29, 0.717) is 85.9 Å². The van der Waals surface area contributed by atoms with E-state index in [1.54, 1.807) is 0 Å². The van der Waals surface area contributed by atoms with Crippen LogP contribution in [0.5, 0.6) is 5.75 Å². The van der Waals surface area contributed by atoms with Crippen molar-refractivity contribution in [2.24, 2.45) is 0 Å². The van der Waals surface area contributed by atoms with Gasteiger partial charge in [0.15, 0.2) is 0 Å². The fourth-order valence-electron chi connectivity index (χ4n) is 3.63. The summed E-state index contributed by atoms with van der Waals surface area (Å²) < 4.78 is 38.6. The normalized spacial score (nSPS) is 11.3. The Hall–Kier alpha value is -1.26. The van der Waals surface area contributed by atoms with Crippen LogP contribution in [-0.2, 0) is 34.8 Å². The molecule has 0 heterocycles. The molecule has 0 unspecified atom stereocenters. The van der Waals surface area contributed by atoms with Gasteiger partial charge in [-0.15, -0.1) is 0 Å². The molecular weight excluding hydrogens is 486 g/mol. The minimum atomic E-state index is 0.537. The van der Waals surface area contributed by atoms with E-state index in [1.807, 2.05) is 7.05 Å². The molecule has 0 fully saturated rings. The van der Waals surface area contributed by atoms with Crippen molar-refractivity contribution < 1.29 is 33.2 Å². The fraction of sp³-hybridized carbons (Fsp3) is 0.800. The molecule has 0 saturated heterocycles. The van der Waals surface area contributed by atoms with Gasteiger partial charge in [0.1, 0.15) is 12.4 Å². The van der Waals surface area contributed by atoms with Gasteiger partial charge in [0, 0.05) is 6.54 Å². The Bertz CT molecular complexity index is 588. The van der Waals surface area contributed by atoms with Crippen LogP contribution >= 0.6 is 0 Å². The predicted octanol–water partition coefficient (Wildman–Crippen LogP) is 4.68.